The van der Waals surface area contributed by atoms with E-state index in [0.717, 1.165) is 16.8 Å². The Labute approximate surface area is 180 Å². The van der Waals surface area contributed by atoms with Crippen LogP contribution in [0, 0.1) is 6.92 Å². The van der Waals surface area contributed by atoms with E-state index in [-0.39, 0.29) is 18.4 Å². The molecule has 0 radical (unpaired) electrons. The van der Waals surface area contributed by atoms with Gasteiger partial charge in [0, 0.05) is 35.9 Å². The van der Waals surface area contributed by atoms with Crippen LogP contribution in [0.15, 0.2) is 67.4 Å². The first-order chi connectivity index (χ1) is 14.4. The van der Waals surface area contributed by atoms with Crippen molar-refractivity contribution in [1.29, 1.82) is 0 Å². The van der Waals surface area contributed by atoms with Gasteiger partial charge in [-0.1, -0.05) is 47.5 Å². The van der Waals surface area contributed by atoms with Crippen molar-refractivity contribution in [2.24, 2.45) is 0 Å². The standard InChI is InChI=1S/C23H23ClN4O2/c1-4-13-27(17(3)29)15-22(30)26-23-25-21(18-7-9-19(24)10-8-18)14-28(23)20-11-5-16(2)6-12-20/h4-12,14H,1,13,15H2,2-3H3,(H,25,26,30). The summed E-state index contributed by atoms with van der Waals surface area (Å²) in [7, 11) is 0. The van der Waals surface area contributed by atoms with Crippen LogP contribution in [0.2, 0.25) is 5.02 Å². The fourth-order valence-corrected chi connectivity index (χ4v) is 3.05. The molecule has 3 aromatic rings. The lowest BCUT2D eigenvalue weighted by atomic mass is 10.2. The second kappa shape index (κ2) is 9.41. The lowest BCUT2D eigenvalue weighted by Crippen LogP contribution is -2.37. The highest BCUT2D eigenvalue weighted by molar-refractivity contribution is 6.30. The molecule has 0 spiro atoms. The number of hydrogen-bond donors (Lipinski definition) is 1. The molecule has 0 fully saturated rings. The first-order valence-corrected chi connectivity index (χ1v) is 9.84. The van der Waals surface area contributed by atoms with E-state index in [4.69, 9.17) is 11.6 Å². The van der Waals surface area contributed by atoms with Crippen LogP contribution in [0.25, 0.3) is 16.9 Å². The van der Waals surface area contributed by atoms with Crippen molar-refractivity contribution in [2.45, 2.75) is 13.8 Å². The zero-order valence-electron chi connectivity index (χ0n) is 16.9. The predicted molar refractivity (Wildman–Crippen MR) is 120 cm³/mol. The molecule has 1 heterocycles. The van der Waals surface area contributed by atoms with Gasteiger partial charge in [-0.3, -0.25) is 19.5 Å². The van der Waals surface area contributed by atoms with Crippen molar-refractivity contribution in [3.05, 3.63) is 78.0 Å². The molecule has 0 aliphatic carbocycles. The van der Waals surface area contributed by atoms with E-state index in [1.165, 1.54) is 11.8 Å². The average molecular weight is 423 g/mol. The third kappa shape index (κ3) is 5.15. The maximum Gasteiger partial charge on any atom is 0.246 e. The number of aryl methyl sites for hydroxylation is 1. The summed E-state index contributed by atoms with van der Waals surface area (Å²) in [6.07, 6.45) is 3.44. The van der Waals surface area contributed by atoms with Gasteiger partial charge in [0.15, 0.2) is 0 Å². The van der Waals surface area contributed by atoms with Crippen LogP contribution < -0.4 is 5.32 Å². The molecule has 2 aromatic carbocycles. The number of benzene rings is 2. The number of amides is 2. The third-order valence-corrected chi connectivity index (χ3v) is 4.79. The molecule has 154 valence electrons. The lowest BCUT2D eigenvalue weighted by Gasteiger charge is -2.18. The van der Waals surface area contributed by atoms with E-state index < -0.39 is 0 Å². The lowest BCUT2D eigenvalue weighted by molar-refractivity contribution is -0.132. The zero-order chi connectivity index (χ0) is 21.7. The molecule has 2 amide bonds. The van der Waals surface area contributed by atoms with Crippen LogP contribution in [0.3, 0.4) is 0 Å². The molecule has 1 N–H and O–H groups in total. The van der Waals surface area contributed by atoms with Crippen molar-refractivity contribution in [2.75, 3.05) is 18.4 Å². The van der Waals surface area contributed by atoms with Crippen LogP contribution in [-0.4, -0.2) is 39.4 Å². The van der Waals surface area contributed by atoms with Crippen LogP contribution in [0.4, 0.5) is 5.95 Å². The number of aromatic nitrogens is 2. The maximum atomic E-state index is 12.6. The fraction of sp³-hybridized carbons (Fsp3) is 0.174. The van der Waals surface area contributed by atoms with Crippen LogP contribution >= 0.6 is 11.6 Å². The van der Waals surface area contributed by atoms with Crippen LogP contribution in [0.5, 0.6) is 0 Å². The van der Waals surface area contributed by atoms with Crippen molar-refractivity contribution >= 4 is 29.4 Å². The number of carbonyl (C=O) groups is 2. The van der Waals surface area contributed by atoms with Gasteiger partial charge in [-0.15, -0.1) is 6.58 Å². The second-order valence-corrected chi connectivity index (χ2v) is 7.34. The molecule has 0 bridgehead atoms. The van der Waals surface area contributed by atoms with Crippen molar-refractivity contribution in [3.63, 3.8) is 0 Å². The van der Waals surface area contributed by atoms with E-state index >= 15 is 0 Å². The summed E-state index contributed by atoms with van der Waals surface area (Å²) in [4.78, 5) is 30.4. The van der Waals surface area contributed by atoms with Gasteiger partial charge < -0.3 is 4.90 Å². The van der Waals surface area contributed by atoms with Gasteiger partial charge in [0.05, 0.1) is 5.69 Å². The Hall–Kier alpha value is -3.38. The Bertz CT molecular complexity index is 1060. The minimum Gasteiger partial charge on any atom is -0.330 e. The largest absolute Gasteiger partial charge is 0.330 e. The molecular formula is C23H23ClN4O2. The fourth-order valence-electron chi connectivity index (χ4n) is 2.93. The van der Waals surface area contributed by atoms with E-state index in [2.05, 4.69) is 16.9 Å². The van der Waals surface area contributed by atoms with Crippen LogP contribution in [0.1, 0.15) is 12.5 Å². The molecule has 30 heavy (non-hydrogen) atoms. The van der Waals surface area contributed by atoms with Gasteiger partial charge >= 0.3 is 0 Å². The minimum atomic E-state index is -0.339. The molecule has 0 saturated heterocycles. The maximum absolute atomic E-state index is 12.6. The van der Waals surface area contributed by atoms with Crippen molar-refractivity contribution < 1.29 is 9.59 Å². The number of rotatable bonds is 7. The summed E-state index contributed by atoms with van der Waals surface area (Å²) in [6, 6.07) is 15.2. The number of nitrogens with one attached hydrogen (secondary N) is 1. The molecule has 7 heteroatoms. The highest BCUT2D eigenvalue weighted by Crippen LogP contribution is 2.25. The molecular weight excluding hydrogens is 400 g/mol. The Morgan fingerprint density at radius 1 is 1.17 bits per heavy atom. The Kier molecular flexibility index (Phi) is 6.69. The molecule has 0 atom stereocenters. The number of anilines is 1. The second-order valence-electron chi connectivity index (χ2n) is 6.90. The monoisotopic (exact) mass is 422 g/mol. The predicted octanol–water partition coefficient (Wildman–Crippen LogP) is 4.47. The first kappa shape index (κ1) is 21.3. The quantitative estimate of drug-likeness (QED) is 0.571. The van der Waals surface area contributed by atoms with Gasteiger partial charge in [0.1, 0.15) is 6.54 Å². The zero-order valence-corrected chi connectivity index (χ0v) is 17.7. The van der Waals surface area contributed by atoms with Crippen molar-refractivity contribution in [3.8, 4) is 16.9 Å². The van der Waals surface area contributed by atoms with E-state index in [1.807, 2.05) is 54.1 Å². The van der Waals surface area contributed by atoms with Gasteiger partial charge in [0.25, 0.3) is 0 Å². The smallest absolute Gasteiger partial charge is 0.246 e. The van der Waals surface area contributed by atoms with Crippen molar-refractivity contribution in [1.82, 2.24) is 14.5 Å². The summed E-state index contributed by atoms with van der Waals surface area (Å²) >= 11 is 5.99. The highest BCUT2D eigenvalue weighted by Gasteiger charge is 2.17. The van der Waals surface area contributed by atoms with Gasteiger partial charge in [0.2, 0.25) is 17.8 Å². The Morgan fingerprint density at radius 3 is 2.43 bits per heavy atom. The van der Waals surface area contributed by atoms with Gasteiger partial charge in [-0.25, -0.2) is 4.98 Å². The molecule has 3 rings (SSSR count). The molecule has 0 aliphatic rings. The SMILES string of the molecule is C=CCN(CC(=O)Nc1nc(-c2ccc(Cl)cc2)cn1-c1ccc(C)cc1)C(C)=O. The molecule has 1 aromatic heterocycles. The third-order valence-electron chi connectivity index (χ3n) is 4.54. The van der Waals surface area contributed by atoms with Crippen LogP contribution in [-0.2, 0) is 9.59 Å². The highest BCUT2D eigenvalue weighted by atomic mass is 35.5. The molecule has 6 nitrogen and oxygen atoms in total. The number of nitrogens with zero attached hydrogens (tertiary/aromatic N) is 3. The van der Waals surface area contributed by atoms with E-state index in [0.29, 0.717) is 23.2 Å². The van der Waals surface area contributed by atoms with E-state index in [9.17, 15) is 9.59 Å². The summed E-state index contributed by atoms with van der Waals surface area (Å²) in [5.41, 5.74) is 3.55. The molecule has 0 aliphatic heterocycles. The van der Waals surface area contributed by atoms with Gasteiger partial charge in [-0.2, -0.15) is 0 Å². The Morgan fingerprint density at radius 2 is 1.83 bits per heavy atom. The number of halogens is 1. The first-order valence-electron chi connectivity index (χ1n) is 9.46. The molecule has 0 unspecified atom stereocenters. The number of imidazole rings is 1. The topological polar surface area (TPSA) is 67.2 Å². The normalized spacial score (nSPS) is 10.5. The minimum absolute atomic E-state index is 0.0849. The Balaban J connectivity index is 1.93. The summed E-state index contributed by atoms with van der Waals surface area (Å²) in [5.74, 6) is -0.168. The average Bonchev–Trinajstić information content (AvgIpc) is 3.12. The molecule has 0 saturated carbocycles. The summed E-state index contributed by atoms with van der Waals surface area (Å²) in [6.45, 7) is 7.27. The number of hydrogen-bond acceptors (Lipinski definition) is 3. The summed E-state index contributed by atoms with van der Waals surface area (Å²) < 4.78 is 1.81. The van der Waals surface area contributed by atoms with E-state index in [1.54, 1.807) is 18.2 Å². The number of carbonyl (C=O) groups excluding carboxylic acids is 2. The summed E-state index contributed by atoms with van der Waals surface area (Å²) in [5, 5.41) is 3.46. The van der Waals surface area contributed by atoms with Gasteiger partial charge in [-0.05, 0) is 31.2 Å².